The van der Waals surface area contributed by atoms with Crippen LogP contribution in [0.5, 0.6) is 0 Å². The molecule has 5 heteroatoms. The maximum absolute atomic E-state index is 13.2. The number of benzene rings is 1. The van der Waals surface area contributed by atoms with Gasteiger partial charge in [0.25, 0.3) is 0 Å². The number of hydrogen-bond acceptors (Lipinski definition) is 3. The molecule has 1 heterocycles. The summed E-state index contributed by atoms with van der Waals surface area (Å²) in [6, 6.07) is 6.41. The highest BCUT2D eigenvalue weighted by molar-refractivity contribution is 7.13. The number of hydrogen-bond donors (Lipinski definition) is 1. The summed E-state index contributed by atoms with van der Waals surface area (Å²) in [7, 11) is 0. The Labute approximate surface area is 121 Å². The summed E-state index contributed by atoms with van der Waals surface area (Å²) in [6.45, 7) is 4.30. The fourth-order valence-electron chi connectivity index (χ4n) is 1.69. The molecule has 1 aromatic heterocycles. The van der Waals surface area contributed by atoms with Gasteiger partial charge in [-0.25, -0.2) is 9.37 Å². The molecule has 0 fully saturated rings. The highest BCUT2D eigenvalue weighted by Crippen LogP contribution is 2.24. The Morgan fingerprint density at radius 3 is 2.95 bits per heavy atom. The number of aromatic nitrogens is 1. The van der Waals surface area contributed by atoms with Crippen molar-refractivity contribution < 1.29 is 9.18 Å². The molecule has 20 heavy (non-hydrogen) atoms. The number of halogens is 1. The zero-order chi connectivity index (χ0) is 14.5. The fraction of sp³-hybridized carbons (Fsp3) is 0.333. The smallest absolute Gasteiger partial charge is 0.222 e. The van der Waals surface area contributed by atoms with Crippen LogP contribution in [0.2, 0.25) is 0 Å². The van der Waals surface area contributed by atoms with Crippen LogP contribution in [0.4, 0.5) is 4.39 Å². The maximum atomic E-state index is 13.2. The first kappa shape index (κ1) is 14.7. The minimum absolute atomic E-state index is 0.00621. The second-order valence-electron chi connectivity index (χ2n) is 4.85. The molecule has 0 aliphatic carbocycles. The molecule has 106 valence electrons. The van der Waals surface area contributed by atoms with Crippen molar-refractivity contribution in [1.29, 1.82) is 0 Å². The fourth-order valence-corrected chi connectivity index (χ4v) is 2.55. The molecule has 0 bridgehead atoms. The van der Waals surface area contributed by atoms with Gasteiger partial charge in [0.05, 0.1) is 5.69 Å². The lowest BCUT2D eigenvalue weighted by molar-refractivity contribution is -0.123. The van der Waals surface area contributed by atoms with Crippen LogP contribution in [-0.4, -0.2) is 17.4 Å². The molecule has 1 aromatic carbocycles. The minimum atomic E-state index is -0.261. The third-order valence-corrected chi connectivity index (χ3v) is 3.77. The number of carbonyl (C=O) groups is 1. The Morgan fingerprint density at radius 1 is 1.45 bits per heavy atom. The van der Waals surface area contributed by atoms with Crippen LogP contribution in [0.15, 0.2) is 29.6 Å². The number of carbonyl (C=O) groups excluding carboxylic acids is 1. The Hall–Kier alpha value is -1.75. The summed E-state index contributed by atoms with van der Waals surface area (Å²) in [5.74, 6) is -0.220. The first-order valence-electron chi connectivity index (χ1n) is 6.54. The molecule has 0 atom stereocenters. The van der Waals surface area contributed by atoms with Crippen LogP contribution in [0.3, 0.4) is 0 Å². The normalized spacial score (nSPS) is 10.8. The van der Waals surface area contributed by atoms with Crippen molar-refractivity contribution >= 4 is 17.2 Å². The molecule has 1 amide bonds. The van der Waals surface area contributed by atoms with Crippen molar-refractivity contribution in [3.05, 3.63) is 41.2 Å². The Kier molecular flexibility index (Phi) is 4.84. The number of nitrogens with one attached hydrogen (secondary N) is 1. The summed E-state index contributed by atoms with van der Waals surface area (Å²) < 4.78 is 13.2. The molecule has 0 saturated heterocycles. The van der Waals surface area contributed by atoms with E-state index in [0.29, 0.717) is 13.0 Å². The van der Waals surface area contributed by atoms with Gasteiger partial charge in [-0.05, 0) is 12.1 Å². The average Bonchev–Trinajstić information content (AvgIpc) is 2.87. The van der Waals surface area contributed by atoms with Gasteiger partial charge >= 0.3 is 0 Å². The molecule has 2 rings (SSSR count). The number of nitrogens with zero attached hydrogens (tertiary/aromatic N) is 1. The van der Waals surface area contributed by atoms with E-state index in [4.69, 9.17) is 0 Å². The third kappa shape index (κ3) is 3.87. The van der Waals surface area contributed by atoms with Crippen LogP contribution >= 0.6 is 11.3 Å². The van der Waals surface area contributed by atoms with Crippen LogP contribution in [0.1, 0.15) is 19.5 Å². The van der Waals surface area contributed by atoms with E-state index in [1.165, 1.54) is 23.5 Å². The number of thiazole rings is 1. The Balaban J connectivity index is 1.94. The van der Waals surface area contributed by atoms with Crippen LogP contribution in [-0.2, 0) is 11.2 Å². The summed E-state index contributed by atoms with van der Waals surface area (Å²) in [5, 5.41) is 5.60. The van der Waals surface area contributed by atoms with Crippen LogP contribution in [0.25, 0.3) is 10.6 Å². The molecular formula is C15H17FN2OS. The lowest BCUT2D eigenvalue weighted by atomic mass is 10.2. The monoisotopic (exact) mass is 292 g/mol. The third-order valence-electron chi connectivity index (χ3n) is 2.83. The standard InChI is InChI=1S/C15H17FN2OS/c1-10(2)14(19)17-7-6-13-9-20-15(18-13)11-4-3-5-12(16)8-11/h3-5,8-10H,6-7H2,1-2H3,(H,17,19). The highest BCUT2D eigenvalue weighted by atomic mass is 32.1. The molecule has 0 radical (unpaired) electrons. The second kappa shape index (κ2) is 6.61. The second-order valence-corrected chi connectivity index (χ2v) is 5.71. The lowest BCUT2D eigenvalue weighted by Gasteiger charge is -2.05. The van der Waals surface area contributed by atoms with E-state index in [9.17, 15) is 9.18 Å². The van der Waals surface area contributed by atoms with Gasteiger partial charge in [-0.2, -0.15) is 0 Å². The SMILES string of the molecule is CC(C)C(=O)NCCc1csc(-c2cccc(F)c2)n1. The average molecular weight is 292 g/mol. The van der Waals surface area contributed by atoms with Crippen molar-refractivity contribution in [3.8, 4) is 10.6 Å². The van der Waals surface area contributed by atoms with E-state index < -0.39 is 0 Å². The first-order chi connectivity index (χ1) is 9.56. The van der Waals surface area contributed by atoms with Crippen molar-refractivity contribution in [2.45, 2.75) is 20.3 Å². The highest BCUT2D eigenvalue weighted by Gasteiger charge is 2.08. The van der Waals surface area contributed by atoms with Crippen LogP contribution in [0, 0.1) is 11.7 Å². The summed E-state index contributed by atoms with van der Waals surface area (Å²) in [5.41, 5.74) is 1.70. The van der Waals surface area contributed by atoms with Gasteiger partial charge in [-0.15, -0.1) is 11.3 Å². The van der Waals surface area contributed by atoms with Crippen molar-refractivity contribution in [2.24, 2.45) is 5.92 Å². The molecule has 0 spiro atoms. The largest absolute Gasteiger partial charge is 0.355 e. The molecule has 3 nitrogen and oxygen atoms in total. The van der Waals surface area contributed by atoms with E-state index in [-0.39, 0.29) is 17.6 Å². The summed E-state index contributed by atoms with van der Waals surface area (Å²) in [6.07, 6.45) is 0.685. The van der Waals surface area contributed by atoms with Gasteiger partial charge in [0.15, 0.2) is 0 Å². The van der Waals surface area contributed by atoms with Gasteiger partial charge in [0.1, 0.15) is 10.8 Å². The maximum Gasteiger partial charge on any atom is 0.222 e. The van der Waals surface area contributed by atoms with E-state index in [0.717, 1.165) is 16.3 Å². The van der Waals surface area contributed by atoms with E-state index in [1.807, 2.05) is 25.3 Å². The minimum Gasteiger partial charge on any atom is -0.355 e. The van der Waals surface area contributed by atoms with E-state index in [2.05, 4.69) is 10.3 Å². The molecule has 2 aromatic rings. The predicted octanol–water partition coefficient (Wildman–Crippen LogP) is 3.26. The zero-order valence-electron chi connectivity index (χ0n) is 11.5. The Morgan fingerprint density at radius 2 is 2.25 bits per heavy atom. The van der Waals surface area contributed by atoms with Gasteiger partial charge < -0.3 is 5.32 Å². The molecule has 0 unspecified atom stereocenters. The van der Waals surface area contributed by atoms with Gasteiger partial charge in [-0.3, -0.25) is 4.79 Å². The van der Waals surface area contributed by atoms with Gasteiger partial charge in [0.2, 0.25) is 5.91 Å². The van der Waals surface area contributed by atoms with Crippen molar-refractivity contribution in [1.82, 2.24) is 10.3 Å². The number of rotatable bonds is 5. The zero-order valence-corrected chi connectivity index (χ0v) is 12.3. The van der Waals surface area contributed by atoms with E-state index >= 15 is 0 Å². The molecule has 0 aliphatic rings. The molecular weight excluding hydrogens is 275 g/mol. The van der Waals surface area contributed by atoms with Crippen LogP contribution < -0.4 is 5.32 Å². The topological polar surface area (TPSA) is 42.0 Å². The van der Waals surface area contributed by atoms with Gasteiger partial charge in [0, 0.05) is 29.8 Å². The predicted molar refractivity (Wildman–Crippen MR) is 79.1 cm³/mol. The van der Waals surface area contributed by atoms with Crippen molar-refractivity contribution in [3.63, 3.8) is 0 Å². The first-order valence-corrected chi connectivity index (χ1v) is 7.42. The summed E-state index contributed by atoms with van der Waals surface area (Å²) >= 11 is 1.49. The molecule has 1 N–H and O–H groups in total. The number of amides is 1. The lowest BCUT2D eigenvalue weighted by Crippen LogP contribution is -2.29. The summed E-state index contributed by atoms with van der Waals surface area (Å²) in [4.78, 5) is 15.9. The van der Waals surface area contributed by atoms with E-state index in [1.54, 1.807) is 6.07 Å². The van der Waals surface area contributed by atoms with Gasteiger partial charge in [-0.1, -0.05) is 26.0 Å². The Bertz CT molecular complexity index is 595. The molecule has 0 saturated carbocycles. The quantitative estimate of drug-likeness (QED) is 0.919. The molecule has 0 aliphatic heterocycles. The van der Waals surface area contributed by atoms with Crippen molar-refractivity contribution in [2.75, 3.05) is 6.54 Å².